The molecule has 1 aliphatic heterocycles. The lowest BCUT2D eigenvalue weighted by molar-refractivity contribution is -0.144. The number of alkyl halides is 3. The molecule has 0 amide bonds. The molecule has 0 saturated carbocycles. The summed E-state index contributed by atoms with van der Waals surface area (Å²) in [5.41, 5.74) is 0. The van der Waals surface area contributed by atoms with E-state index in [2.05, 4.69) is 19.6 Å². The van der Waals surface area contributed by atoms with Gasteiger partial charge in [-0.25, -0.2) is 0 Å². The summed E-state index contributed by atoms with van der Waals surface area (Å²) >= 11 is 0.750. The summed E-state index contributed by atoms with van der Waals surface area (Å²) in [6, 6.07) is 0.369. The minimum Gasteiger partial charge on any atom is -0.359 e. The van der Waals surface area contributed by atoms with Gasteiger partial charge in [0.1, 0.15) is 0 Å². The second-order valence-electron chi connectivity index (χ2n) is 4.08. The predicted octanol–water partition coefficient (Wildman–Crippen LogP) is 2.06. The van der Waals surface area contributed by atoms with Gasteiger partial charge in [0.05, 0.1) is 0 Å². The fourth-order valence-electron chi connectivity index (χ4n) is 1.85. The van der Waals surface area contributed by atoms with Gasteiger partial charge in [-0.15, -0.1) is 0 Å². The molecule has 0 aromatic carbocycles. The Morgan fingerprint density at radius 3 is 2.82 bits per heavy atom. The van der Waals surface area contributed by atoms with Crippen LogP contribution < -0.4 is 5.32 Å². The lowest BCUT2D eigenvalue weighted by Crippen LogP contribution is -2.31. The van der Waals surface area contributed by atoms with Crippen molar-refractivity contribution in [2.75, 3.05) is 25.5 Å². The Morgan fingerprint density at radius 2 is 2.29 bits per heavy atom. The van der Waals surface area contributed by atoms with Gasteiger partial charge in [-0.3, -0.25) is 0 Å². The highest BCUT2D eigenvalue weighted by Crippen LogP contribution is 2.29. The number of likely N-dealkylation sites (tertiary alicyclic amines) is 1. The highest BCUT2D eigenvalue weighted by molar-refractivity contribution is 7.09. The number of aromatic nitrogens is 2. The quantitative estimate of drug-likeness (QED) is 0.909. The predicted molar refractivity (Wildman–Crippen MR) is 59.1 cm³/mol. The van der Waals surface area contributed by atoms with Crippen molar-refractivity contribution in [2.45, 2.75) is 25.1 Å². The van der Waals surface area contributed by atoms with Crippen molar-refractivity contribution in [3.63, 3.8) is 0 Å². The Labute approximate surface area is 101 Å². The van der Waals surface area contributed by atoms with E-state index in [-0.39, 0.29) is 5.13 Å². The number of halogens is 3. The van der Waals surface area contributed by atoms with Crippen LogP contribution in [0.25, 0.3) is 0 Å². The Balaban J connectivity index is 1.89. The third-order valence-corrected chi connectivity index (χ3v) is 3.51. The van der Waals surface area contributed by atoms with Crippen LogP contribution in [0.3, 0.4) is 0 Å². The molecular weight excluding hydrogens is 253 g/mol. The molecule has 1 aromatic rings. The Kier molecular flexibility index (Phi) is 3.53. The number of likely N-dealkylation sites (N-methyl/N-ethyl adjacent to an activating group) is 1. The Bertz CT molecular complexity index is 379. The van der Waals surface area contributed by atoms with E-state index >= 15 is 0 Å². The zero-order valence-corrected chi connectivity index (χ0v) is 10.1. The van der Waals surface area contributed by atoms with Crippen LogP contribution in [-0.4, -0.2) is 40.4 Å². The lowest BCUT2D eigenvalue weighted by Gasteiger charge is -2.19. The first-order chi connectivity index (χ1) is 7.97. The molecule has 2 rings (SSSR count). The van der Waals surface area contributed by atoms with Crippen LogP contribution in [0, 0.1) is 0 Å². The second-order valence-corrected chi connectivity index (χ2v) is 4.83. The number of nitrogens with one attached hydrogen (secondary N) is 1. The van der Waals surface area contributed by atoms with Crippen molar-refractivity contribution < 1.29 is 13.2 Å². The molecule has 96 valence electrons. The Hall–Kier alpha value is -0.890. The molecule has 1 atom stereocenters. The SMILES string of the molecule is CN1CCCC1CNc1nc(C(F)(F)F)ns1. The normalized spacial score (nSPS) is 22.0. The molecule has 0 spiro atoms. The summed E-state index contributed by atoms with van der Waals surface area (Å²) in [5, 5.41) is 3.15. The van der Waals surface area contributed by atoms with Gasteiger partial charge in [0.2, 0.25) is 11.0 Å². The van der Waals surface area contributed by atoms with Gasteiger partial charge in [-0.1, -0.05) is 0 Å². The third kappa shape index (κ3) is 3.06. The van der Waals surface area contributed by atoms with Crippen LogP contribution in [0.5, 0.6) is 0 Å². The highest BCUT2D eigenvalue weighted by Gasteiger charge is 2.36. The Morgan fingerprint density at radius 1 is 1.53 bits per heavy atom. The summed E-state index contributed by atoms with van der Waals surface area (Å²) < 4.78 is 40.0. The summed E-state index contributed by atoms with van der Waals surface area (Å²) in [5.74, 6) is -1.07. The number of rotatable bonds is 3. The monoisotopic (exact) mass is 266 g/mol. The van der Waals surface area contributed by atoms with Crippen LogP contribution in [0.1, 0.15) is 18.7 Å². The summed E-state index contributed by atoms with van der Waals surface area (Å²) in [6.45, 7) is 1.65. The van der Waals surface area contributed by atoms with Crippen LogP contribution in [-0.2, 0) is 6.18 Å². The average Bonchev–Trinajstić information content (AvgIpc) is 2.82. The third-order valence-electron chi connectivity index (χ3n) is 2.84. The van der Waals surface area contributed by atoms with Crippen molar-refractivity contribution in [1.82, 2.24) is 14.3 Å². The first-order valence-electron chi connectivity index (χ1n) is 5.32. The zero-order valence-electron chi connectivity index (χ0n) is 9.29. The van der Waals surface area contributed by atoms with E-state index in [1.54, 1.807) is 0 Å². The highest BCUT2D eigenvalue weighted by atomic mass is 32.1. The maximum Gasteiger partial charge on any atom is 0.452 e. The minimum absolute atomic E-state index is 0.234. The molecule has 1 saturated heterocycles. The van der Waals surface area contributed by atoms with Gasteiger partial charge in [0.15, 0.2) is 0 Å². The number of anilines is 1. The molecule has 1 N–H and O–H groups in total. The molecule has 1 unspecified atom stereocenters. The average molecular weight is 266 g/mol. The fraction of sp³-hybridized carbons (Fsp3) is 0.778. The summed E-state index contributed by atoms with van der Waals surface area (Å²) in [6.07, 6.45) is -2.26. The molecule has 1 aromatic heterocycles. The maximum absolute atomic E-state index is 12.3. The second kappa shape index (κ2) is 4.77. The molecular formula is C9H13F3N4S. The van der Waals surface area contributed by atoms with Gasteiger partial charge < -0.3 is 10.2 Å². The topological polar surface area (TPSA) is 41.0 Å². The number of hydrogen-bond donors (Lipinski definition) is 1. The van der Waals surface area contributed by atoms with Gasteiger partial charge in [0.25, 0.3) is 0 Å². The van der Waals surface area contributed by atoms with E-state index in [1.807, 2.05) is 7.05 Å². The van der Waals surface area contributed by atoms with Crippen LogP contribution >= 0.6 is 11.5 Å². The van der Waals surface area contributed by atoms with Gasteiger partial charge in [-0.05, 0) is 26.4 Å². The molecule has 0 bridgehead atoms. The van der Waals surface area contributed by atoms with E-state index in [4.69, 9.17) is 0 Å². The van der Waals surface area contributed by atoms with Crippen molar-refractivity contribution >= 4 is 16.7 Å². The lowest BCUT2D eigenvalue weighted by atomic mass is 10.2. The first-order valence-corrected chi connectivity index (χ1v) is 6.09. The molecule has 1 aliphatic rings. The van der Waals surface area contributed by atoms with E-state index in [0.29, 0.717) is 12.6 Å². The smallest absolute Gasteiger partial charge is 0.359 e. The van der Waals surface area contributed by atoms with Crippen molar-refractivity contribution in [2.24, 2.45) is 0 Å². The minimum atomic E-state index is -4.46. The number of nitrogens with zero attached hydrogens (tertiary/aromatic N) is 3. The largest absolute Gasteiger partial charge is 0.452 e. The van der Waals surface area contributed by atoms with Crippen LogP contribution in [0.15, 0.2) is 0 Å². The van der Waals surface area contributed by atoms with Crippen molar-refractivity contribution in [1.29, 1.82) is 0 Å². The van der Waals surface area contributed by atoms with Gasteiger partial charge in [-0.2, -0.15) is 22.5 Å². The van der Waals surface area contributed by atoms with Gasteiger partial charge >= 0.3 is 6.18 Å². The van der Waals surface area contributed by atoms with Crippen molar-refractivity contribution in [3.8, 4) is 0 Å². The first kappa shape index (κ1) is 12.6. The molecule has 1 fully saturated rings. The standard InChI is InChI=1S/C9H13F3N4S/c1-16-4-2-3-6(16)5-13-8-14-7(15-17-8)9(10,11)12/h6H,2-5H2,1H3,(H,13,14,15). The molecule has 2 heterocycles. The molecule has 0 radical (unpaired) electrons. The molecule has 8 heteroatoms. The van der Waals surface area contributed by atoms with Gasteiger partial charge in [0, 0.05) is 24.1 Å². The summed E-state index contributed by atoms with van der Waals surface area (Å²) in [4.78, 5) is 5.61. The van der Waals surface area contributed by atoms with E-state index in [1.165, 1.54) is 0 Å². The maximum atomic E-state index is 12.3. The van der Waals surface area contributed by atoms with E-state index in [0.717, 1.165) is 30.9 Å². The van der Waals surface area contributed by atoms with E-state index in [9.17, 15) is 13.2 Å². The number of hydrogen-bond acceptors (Lipinski definition) is 5. The van der Waals surface area contributed by atoms with Crippen LogP contribution in [0.2, 0.25) is 0 Å². The fourth-order valence-corrected chi connectivity index (χ4v) is 2.45. The van der Waals surface area contributed by atoms with E-state index < -0.39 is 12.0 Å². The molecule has 17 heavy (non-hydrogen) atoms. The summed E-state index contributed by atoms with van der Waals surface area (Å²) in [7, 11) is 2.01. The van der Waals surface area contributed by atoms with Crippen LogP contribution in [0.4, 0.5) is 18.3 Å². The zero-order chi connectivity index (χ0) is 12.5. The molecule has 4 nitrogen and oxygen atoms in total. The molecule has 0 aliphatic carbocycles. The van der Waals surface area contributed by atoms with Crippen molar-refractivity contribution in [3.05, 3.63) is 5.82 Å².